The van der Waals surface area contributed by atoms with E-state index in [9.17, 15) is 22.4 Å². The Morgan fingerprint density at radius 2 is 1.86 bits per heavy atom. The standard InChI is InChI=1S/C24H25ClFN3O6S/c1-24(2,35-21(30)13-27)10-11-34-22-18(15-4-7-17(8-5-15)36(3,32)33)14-28-29(23(22)31)16-6-9-19(25)20(26)12-16/h4-9,12,14H,10-11,13,27H2,1-3H3. The van der Waals surface area contributed by atoms with Gasteiger partial charge in [0.15, 0.2) is 15.6 Å². The van der Waals surface area contributed by atoms with Crippen molar-refractivity contribution in [2.75, 3.05) is 19.4 Å². The molecule has 1 aromatic heterocycles. The summed E-state index contributed by atoms with van der Waals surface area (Å²) < 4.78 is 49.8. The van der Waals surface area contributed by atoms with Gasteiger partial charge in [-0.25, -0.2) is 12.8 Å². The molecule has 1 heterocycles. The summed E-state index contributed by atoms with van der Waals surface area (Å²) in [4.78, 5) is 25.1. The minimum atomic E-state index is -3.42. The number of carbonyl (C=O) groups excluding carboxylic acids is 1. The van der Waals surface area contributed by atoms with E-state index in [4.69, 9.17) is 26.8 Å². The Morgan fingerprint density at radius 1 is 1.19 bits per heavy atom. The number of ether oxygens (including phenoxy) is 2. The van der Waals surface area contributed by atoms with Gasteiger partial charge in [0.05, 0.1) is 35.0 Å². The van der Waals surface area contributed by atoms with Crippen molar-refractivity contribution in [2.45, 2.75) is 30.8 Å². The normalized spacial score (nSPS) is 11.8. The van der Waals surface area contributed by atoms with E-state index in [2.05, 4.69) is 5.10 Å². The number of halogens is 2. The van der Waals surface area contributed by atoms with E-state index in [0.29, 0.717) is 11.1 Å². The lowest BCUT2D eigenvalue weighted by Gasteiger charge is -2.25. The van der Waals surface area contributed by atoms with Crippen LogP contribution >= 0.6 is 11.6 Å². The van der Waals surface area contributed by atoms with Crippen molar-refractivity contribution in [1.82, 2.24) is 9.78 Å². The molecule has 0 unspecified atom stereocenters. The molecule has 0 radical (unpaired) electrons. The fraction of sp³-hybridized carbons (Fsp3) is 0.292. The predicted octanol–water partition coefficient (Wildman–Crippen LogP) is 3.14. The molecule has 0 spiro atoms. The highest BCUT2D eigenvalue weighted by Gasteiger charge is 2.24. The number of rotatable bonds is 9. The van der Waals surface area contributed by atoms with Gasteiger partial charge in [0.2, 0.25) is 0 Å². The Balaban J connectivity index is 2.03. The summed E-state index contributed by atoms with van der Waals surface area (Å²) in [6.07, 6.45) is 2.67. The number of esters is 1. The van der Waals surface area contributed by atoms with Crippen LogP contribution in [0.25, 0.3) is 16.8 Å². The third-order valence-electron chi connectivity index (χ3n) is 5.18. The summed E-state index contributed by atoms with van der Waals surface area (Å²) in [6, 6.07) is 9.66. The minimum Gasteiger partial charge on any atom is -0.487 e. The van der Waals surface area contributed by atoms with Gasteiger partial charge in [-0.3, -0.25) is 9.59 Å². The molecular formula is C24H25ClFN3O6S. The average Bonchev–Trinajstić information content (AvgIpc) is 2.81. The maximum atomic E-state index is 14.0. The van der Waals surface area contributed by atoms with E-state index in [-0.39, 0.29) is 40.9 Å². The lowest BCUT2D eigenvalue weighted by molar-refractivity contribution is -0.155. The topological polar surface area (TPSA) is 131 Å². The second-order valence-electron chi connectivity index (χ2n) is 8.54. The van der Waals surface area contributed by atoms with Crippen molar-refractivity contribution in [2.24, 2.45) is 5.73 Å². The first-order chi connectivity index (χ1) is 16.8. The Morgan fingerprint density at radius 3 is 2.44 bits per heavy atom. The van der Waals surface area contributed by atoms with E-state index in [1.54, 1.807) is 13.8 Å². The van der Waals surface area contributed by atoms with Crippen molar-refractivity contribution in [3.63, 3.8) is 0 Å². The van der Waals surface area contributed by atoms with Crippen molar-refractivity contribution < 1.29 is 27.1 Å². The fourth-order valence-electron chi connectivity index (χ4n) is 3.27. The number of aromatic nitrogens is 2. The molecule has 12 heteroatoms. The van der Waals surface area contributed by atoms with Crippen molar-refractivity contribution in [1.29, 1.82) is 0 Å². The van der Waals surface area contributed by atoms with E-state index in [0.717, 1.165) is 17.0 Å². The average molecular weight is 538 g/mol. The molecule has 3 aromatic rings. The van der Waals surface area contributed by atoms with E-state index >= 15 is 0 Å². The SMILES string of the molecule is CC(C)(CCOc1c(-c2ccc(S(C)(=O)=O)cc2)cnn(-c2ccc(Cl)c(F)c2)c1=O)OC(=O)CN. The van der Waals surface area contributed by atoms with Crippen LogP contribution in [0, 0.1) is 5.82 Å². The van der Waals surface area contributed by atoms with Crippen LogP contribution in [0.4, 0.5) is 4.39 Å². The van der Waals surface area contributed by atoms with Gasteiger partial charge >= 0.3 is 11.5 Å². The number of nitrogens with zero attached hydrogens (tertiary/aromatic N) is 2. The number of sulfone groups is 1. The fourth-order valence-corrected chi connectivity index (χ4v) is 4.01. The van der Waals surface area contributed by atoms with Crippen LogP contribution in [0.1, 0.15) is 20.3 Å². The molecular weight excluding hydrogens is 513 g/mol. The quantitative estimate of drug-likeness (QED) is 0.412. The van der Waals surface area contributed by atoms with Crippen LogP contribution in [-0.2, 0) is 19.4 Å². The Hall–Kier alpha value is -3.28. The zero-order valence-corrected chi connectivity index (χ0v) is 21.4. The molecule has 0 amide bonds. The molecule has 0 atom stereocenters. The minimum absolute atomic E-state index is 0.0203. The Bertz CT molecular complexity index is 1440. The molecule has 36 heavy (non-hydrogen) atoms. The van der Waals surface area contributed by atoms with Crippen molar-refractivity contribution in [3.8, 4) is 22.6 Å². The van der Waals surface area contributed by atoms with E-state index in [1.165, 1.54) is 42.6 Å². The van der Waals surface area contributed by atoms with Crippen LogP contribution in [0.2, 0.25) is 5.02 Å². The predicted molar refractivity (Wildman–Crippen MR) is 133 cm³/mol. The van der Waals surface area contributed by atoms with Gasteiger partial charge in [-0.15, -0.1) is 0 Å². The number of nitrogens with two attached hydrogens (primary N) is 1. The molecule has 2 N–H and O–H groups in total. The van der Waals surface area contributed by atoms with Crippen molar-refractivity contribution >= 4 is 27.4 Å². The highest BCUT2D eigenvalue weighted by molar-refractivity contribution is 7.90. The molecule has 3 rings (SSSR count). The summed E-state index contributed by atoms with van der Waals surface area (Å²) >= 11 is 5.75. The summed E-state index contributed by atoms with van der Waals surface area (Å²) in [5, 5.41) is 4.04. The highest BCUT2D eigenvalue weighted by Crippen LogP contribution is 2.29. The van der Waals surface area contributed by atoms with Gasteiger partial charge in [0, 0.05) is 24.3 Å². The maximum absolute atomic E-state index is 14.0. The third kappa shape index (κ3) is 6.48. The zero-order valence-electron chi connectivity index (χ0n) is 19.8. The largest absolute Gasteiger partial charge is 0.487 e. The molecule has 9 nitrogen and oxygen atoms in total. The maximum Gasteiger partial charge on any atom is 0.320 e. The molecule has 0 fully saturated rings. The van der Waals surface area contributed by atoms with Crippen LogP contribution in [-0.4, -0.2) is 49.2 Å². The molecule has 0 aliphatic carbocycles. The Labute approximate surface area is 212 Å². The number of carbonyl (C=O) groups is 1. The third-order valence-corrected chi connectivity index (χ3v) is 6.62. The smallest absolute Gasteiger partial charge is 0.320 e. The monoisotopic (exact) mass is 537 g/mol. The van der Waals surface area contributed by atoms with Crippen LogP contribution in [0.15, 0.2) is 58.4 Å². The molecule has 2 aromatic carbocycles. The lowest BCUT2D eigenvalue weighted by Crippen LogP contribution is -2.33. The summed E-state index contributed by atoms with van der Waals surface area (Å²) in [6.45, 7) is 3.06. The number of hydrogen-bond donors (Lipinski definition) is 1. The second-order valence-corrected chi connectivity index (χ2v) is 11.0. The summed E-state index contributed by atoms with van der Waals surface area (Å²) in [5.74, 6) is -1.41. The second kappa shape index (κ2) is 10.8. The van der Waals surface area contributed by atoms with Gasteiger partial charge < -0.3 is 15.2 Å². The number of benzene rings is 2. The molecule has 0 aliphatic rings. The van der Waals surface area contributed by atoms with Crippen molar-refractivity contribution in [3.05, 3.63) is 69.9 Å². The van der Waals surface area contributed by atoms with Crippen LogP contribution in [0.3, 0.4) is 0 Å². The van der Waals surface area contributed by atoms with Gasteiger partial charge in [0.25, 0.3) is 0 Å². The Kier molecular flexibility index (Phi) is 8.17. The molecule has 0 saturated carbocycles. The summed E-state index contributed by atoms with van der Waals surface area (Å²) in [5.41, 5.74) is 4.60. The molecule has 0 saturated heterocycles. The van der Waals surface area contributed by atoms with Crippen LogP contribution < -0.4 is 16.0 Å². The van der Waals surface area contributed by atoms with Gasteiger partial charge in [-0.05, 0) is 43.7 Å². The zero-order chi connectivity index (χ0) is 26.7. The van der Waals surface area contributed by atoms with E-state index < -0.39 is 32.8 Å². The van der Waals surface area contributed by atoms with E-state index in [1.807, 2.05) is 0 Å². The van der Waals surface area contributed by atoms with Gasteiger partial charge in [0.1, 0.15) is 11.4 Å². The number of hydrogen-bond acceptors (Lipinski definition) is 8. The molecule has 0 bridgehead atoms. The molecule has 192 valence electrons. The van der Waals surface area contributed by atoms with Crippen LogP contribution in [0.5, 0.6) is 5.75 Å². The van der Waals surface area contributed by atoms with Gasteiger partial charge in [-0.2, -0.15) is 9.78 Å². The lowest BCUT2D eigenvalue weighted by atomic mass is 10.1. The highest BCUT2D eigenvalue weighted by atomic mass is 35.5. The molecule has 0 aliphatic heterocycles. The first kappa shape index (κ1) is 27.3. The first-order valence-electron chi connectivity index (χ1n) is 10.8. The first-order valence-corrected chi connectivity index (χ1v) is 13.0. The summed E-state index contributed by atoms with van der Waals surface area (Å²) in [7, 11) is -3.42. The van der Waals surface area contributed by atoms with Gasteiger partial charge in [-0.1, -0.05) is 23.7 Å².